The van der Waals surface area contributed by atoms with Gasteiger partial charge in [-0.05, 0) is 92.9 Å². The molecule has 0 unspecified atom stereocenters. The quantitative estimate of drug-likeness (QED) is 0.0506. The molecule has 0 fully saturated rings. The van der Waals surface area contributed by atoms with Gasteiger partial charge in [0.05, 0.1) is 23.8 Å². The second kappa shape index (κ2) is 18.9. The number of carbonyl (C=O) groups is 3. The van der Waals surface area contributed by atoms with E-state index in [0.717, 1.165) is 22.7 Å². The molecule has 0 saturated heterocycles. The fourth-order valence-corrected chi connectivity index (χ4v) is 7.68. The maximum Gasteiger partial charge on any atom is 0.422 e. The number of aromatic hydroxyl groups is 2. The highest BCUT2D eigenvalue weighted by Gasteiger charge is 2.29. The van der Waals surface area contributed by atoms with E-state index in [1.54, 1.807) is 52.0 Å². The highest BCUT2D eigenvalue weighted by molar-refractivity contribution is 7.18. The van der Waals surface area contributed by atoms with E-state index >= 15 is 0 Å². The van der Waals surface area contributed by atoms with Gasteiger partial charge < -0.3 is 41.5 Å². The first kappa shape index (κ1) is 45.3. The topological polar surface area (TPSA) is 226 Å². The largest absolute Gasteiger partial charge is 0.508 e. The maximum atomic E-state index is 13.6. The lowest BCUT2D eigenvalue weighted by atomic mass is 9.93. The number of alkyl halides is 3. The van der Waals surface area contributed by atoms with Crippen molar-refractivity contribution in [1.82, 2.24) is 24.9 Å². The molecule has 0 bridgehead atoms. The molecule has 7 aromatic rings. The van der Waals surface area contributed by atoms with Gasteiger partial charge in [-0.25, -0.2) is 24.3 Å². The zero-order chi connectivity index (χ0) is 46.6. The average Bonchev–Trinajstić information content (AvgIpc) is 3.93. The van der Waals surface area contributed by atoms with Crippen LogP contribution in [0, 0.1) is 33.5 Å². The van der Waals surface area contributed by atoms with Crippen LogP contribution in [0.4, 0.5) is 56.7 Å². The monoisotopic (exact) mass is 928 g/mol. The second-order valence-corrected chi connectivity index (χ2v) is 16.3. The van der Waals surface area contributed by atoms with Crippen molar-refractivity contribution in [1.29, 1.82) is 0 Å². The van der Waals surface area contributed by atoms with E-state index in [4.69, 9.17) is 0 Å². The number of thiazole rings is 2. The third-order valence-corrected chi connectivity index (χ3v) is 11.3. The standard InChI is InChI=1S/C43H36F4N10O6S2/c1-20-8-13-28(58)27(35(20)56-38(61)30-17-49-42(65-30)55-34-14-21(2)50-40(53-34)63-19-43(45,46)47)15-25-16-29(59)23(4)36(22(25)3)57-39(62)31-18-48-41(64-31)54-33-7-5-6-32(51-33)52-37(60)24-9-11-26(44)12-10-24/h5-14,16-18,58-59H,15,19H2,1-4H3,(H,56,61)(H,57,62)(H,49,50,53,55)(H2,48,51,52,54,60). The number of carbonyl (C=O) groups excluding carboxylic acids is 3. The number of nitrogens with one attached hydrogen (secondary N) is 5. The number of pyridine rings is 1. The summed E-state index contributed by atoms with van der Waals surface area (Å²) in [5.74, 6) is -1.71. The Labute approximate surface area is 374 Å². The lowest BCUT2D eigenvalue weighted by Crippen LogP contribution is -2.20. The number of nitrogens with zero attached hydrogens (tertiary/aromatic N) is 5. The molecule has 4 heterocycles. The minimum Gasteiger partial charge on any atom is -0.508 e. The molecule has 0 aliphatic rings. The van der Waals surface area contributed by atoms with E-state index in [-0.39, 0.29) is 50.0 Å². The molecule has 0 aliphatic carbocycles. The van der Waals surface area contributed by atoms with Crippen LogP contribution in [0.15, 0.2) is 79.1 Å². The number of hydrogen-bond acceptors (Lipinski definition) is 15. The van der Waals surface area contributed by atoms with Gasteiger partial charge in [-0.15, -0.1) is 0 Å². The Morgan fingerprint density at radius 1 is 0.692 bits per heavy atom. The van der Waals surface area contributed by atoms with Crippen molar-refractivity contribution in [2.24, 2.45) is 0 Å². The van der Waals surface area contributed by atoms with Crippen LogP contribution in [-0.4, -0.2) is 65.6 Å². The van der Waals surface area contributed by atoms with Crippen LogP contribution in [0.5, 0.6) is 17.5 Å². The molecule has 3 aromatic carbocycles. The lowest BCUT2D eigenvalue weighted by molar-refractivity contribution is -0.154. The van der Waals surface area contributed by atoms with Crippen LogP contribution in [0.2, 0.25) is 0 Å². The summed E-state index contributed by atoms with van der Waals surface area (Å²) >= 11 is 1.96. The molecule has 4 aromatic heterocycles. The van der Waals surface area contributed by atoms with E-state index in [2.05, 4.69) is 56.2 Å². The molecule has 7 rings (SSSR count). The Bertz CT molecular complexity index is 2940. The van der Waals surface area contributed by atoms with Gasteiger partial charge in [-0.1, -0.05) is 34.8 Å². The number of phenolic OH excluding ortho intramolecular Hbond substituents is 2. The van der Waals surface area contributed by atoms with Crippen LogP contribution >= 0.6 is 22.7 Å². The van der Waals surface area contributed by atoms with Gasteiger partial charge in [0, 0.05) is 34.9 Å². The fraction of sp³-hybridized carbons (Fsp3) is 0.163. The van der Waals surface area contributed by atoms with Crippen molar-refractivity contribution in [3.05, 3.63) is 134 Å². The number of phenols is 2. The smallest absolute Gasteiger partial charge is 0.422 e. The van der Waals surface area contributed by atoms with Crippen molar-refractivity contribution in [3.63, 3.8) is 0 Å². The molecule has 0 atom stereocenters. The highest BCUT2D eigenvalue weighted by Crippen LogP contribution is 2.38. The summed E-state index contributed by atoms with van der Waals surface area (Å²) in [4.78, 5) is 60.8. The Balaban J connectivity index is 1.03. The molecule has 16 nitrogen and oxygen atoms in total. The number of anilines is 7. The van der Waals surface area contributed by atoms with E-state index in [1.807, 2.05) is 0 Å². The van der Waals surface area contributed by atoms with Crippen LogP contribution in [0.1, 0.15) is 63.2 Å². The number of ether oxygens (including phenoxy) is 1. The number of rotatable bonds is 14. The van der Waals surface area contributed by atoms with Crippen molar-refractivity contribution in [2.45, 2.75) is 40.3 Å². The van der Waals surface area contributed by atoms with Crippen molar-refractivity contribution in [3.8, 4) is 17.5 Å². The second-order valence-electron chi connectivity index (χ2n) is 14.3. The minimum absolute atomic E-state index is 0.0119. The molecular weight excluding hydrogens is 893 g/mol. The summed E-state index contributed by atoms with van der Waals surface area (Å²) in [7, 11) is 0. The van der Waals surface area contributed by atoms with E-state index in [9.17, 15) is 42.2 Å². The Morgan fingerprint density at radius 3 is 1.98 bits per heavy atom. The number of aromatic nitrogens is 5. The summed E-state index contributed by atoms with van der Waals surface area (Å²) in [6.45, 7) is 5.08. The summed E-state index contributed by atoms with van der Waals surface area (Å²) in [5.41, 5.74) is 3.57. The van der Waals surface area contributed by atoms with Gasteiger partial charge in [-0.2, -0.15) is 18.2 Å². The Hall–Kier alpha value is -7.72. The molecule has 0 aliphatic heterocycles. The van der Waals surface area contributed by atoms with Gasteiger partial charge >= 0.3 is 12.2 Å². The summed E-state index contributed by atoms with van der Waals surface area (Å²) < 4.78 is 56.0. The molecule has 65 heavy (non-hydrogen) atoms. The zero-order valence-corrected chi connectivity index (χ0v) is 36.1. The highest BCUT2D eigenvalue weighted by atomic mass is 32.1. The maximum absolute atomic E-state index is 13.6. The SMILES string of the molecule is Cc1cc(Nc2ncc(C(=O)Nc3c(C)ccc(O)c3Cc3cc(O)c(C)c(NC(=O)c4cnc(Nc5cccc(NC(=O)c6ccc(F)cc6)n5)s4)c3C)s2)nc(OCC(F)(F)F)n1. The summed E-state index contributed by atoms with van der Waals surface area (Å²) in [6.07, 6.45) is -1.92. The van der Waals surface area contributed by atoms with Crippen LogP contribution in [0.3, 0.4) is 0 Å². The van der Waals surface area contributed by atoms with Gasteiger partial charge in [0.2, 0.25) is 0 Å². The summed E-state index contributed by atoms with van der Waals surface area (Å²) in [6, 6.07) is 15.5. The molecule has 22 heteroatoms. The van der Waals surface area contributed by atoms with Crippen molar-refractivity contribution < 1.29 is 46.9 Å². The van der Waals surface area contributed by atoms with Crippen LogP contribution in [-0.2, 0) is 6.42 Å². The predicted molar refractivity (Wildman–Crippen MR) is 237 cm³/mol. The van der Waals surface area contributed by atoms with Crippen LogP contribution in [0.25, 0.3) is 0 Å². The first-order valence-corrected chi connectivity index (χ1v) is 20.8. The molecule has 0 spiro atoms. The molecule has 3 amide bonds. The lowest BCUT2D eigenvalue weighted by Gasteiger charge is -2.19. The van der Waals surface area contributed by atoms with Gasteiger partial charge in [0.1, 0.15) is 44.5 Å². The number of amides is 3. The van der Waals surface area contributed by atoms with E-state index < -0.39 is 42.3 Å². The number of benzene rings is 3. The van der Waals surface area contributed by atoms with Gasteiger partial charge in [-0.3, -0.25) is 14.4 Å². The fourth-order valence-electron chi connectivity index (χ4n) is 6.24. The van der Waals surface area contributed by atoms with E-state index in [0.29, 0.717) is 55.8 Å². The Morgan fingerprint density at radius 2 is 1.32 bits per heavy atom. The molecule has 0 radical (unpaired) electrons. The third kappa shape index (κ3) is 11.3. The van der Waals surface area contributed by atoms with Crippen molar-refractivity contribution >= 4 is 79.5 Å². The molecule has 7 N–H and O–H groups in total. The normalized spacial score (nSPS) is 11.2. The summed E-state index contributed by atoms with van der Waals surface area (Å²) in [5, 5.41) is 36.9. The van der Waals surface area contributed by atoms with Gasteiger partial charge in [0.25, 0.3) is 17.7 Å². The number of hydrogen-bond donors (Lipinski definition) is 7. The first-order valence-electron chi connectivity index (χ1n) is 19.2. The Kier molecular flexibility index (Phi) is 13.2. The predicted octanol–water partition coefficient (Wildman–Crippen LogP) is 9.34. The molecular formula is C43H36F4N10O6S2. The minimum atomic E-state index is -4.59. The molecule has 334 valence electrons. The zero-order valence-electron chi connectivity index (χ0n) is 34.5. The third-order valence-electron chi connectivity index (χ3n) is 9.49. The number of halogens is 4. The van der Waals surface area contributed by atoms with Gasteiger partial charge in [0.15, 0.2) is 16.9 Å². The number of aryl methyl sites for hydroxylation is 2. The first-order chi connectivity index (χ1) is 30.9. The van der Waals surface area contributed by atoms with Crippen LogP contribution < -0.4 is 31.3 Å². The van der Waals surface area contributed by atoms with Crippen molar-refractivity contribution in [2.75, 3.05) is 33.2 Å². The molecule has 0 saturated carbocycles. The average molecular weight is 929 g/mol. The van der Waals surface area contributed by atoms with E-state index in [1.165, 1.54) is 54.9 Å².